The average molecular weight is 387 g/mol. The van der Waals surface area contributed by atoms with Gasteiger partial charge >= 0.3 is 6.03 Å². The molecule has 0 saturated carbocycles. The predicted octanol–water partition coefficient (Wildman–Crippen LogP) is 3.86. The highest BCUT2D eigenvalue weighted by Crippen LogP contribution is 2.19. The fourth-order valence-corrected chi connectivity index (χ4v) is 2.63. The number of anilines is 1. The van der Waals surface area contributed by atoms with Crippen molar-refractivity contribution in [2.75, 3.05) is 25.0 Å². The highest BCUT2D eigenvalue weighted by atomic mass is 19.1. The number of benzene rings is 2. The van der Waals surface area contributed by atoms with Gasteiger partial charge in [-0.3, -0.25) is 4.79 Å². The normalized spacial score (nSPS) is 11.5. The van der Waals surface area contributed by atoms with Crippen LogP contribution in [0.5, 0.6) is 0 Å². The topological polar surface area (TPSA) is 79.5 Å². The van der Waals surface area contributed by atoms with Crippen LogP contribution in [0.2, 0.25) is 0 Å². The molecule has 0 aliphatic rings. The molecule has 0 aliphatic carbocycles. The summed E-state index contributed by atoms with van der Waals surface area (Å²) in [5.74, 6) is -1.28. The number of nitrogens with one attached hydrogen (secondary N) is 3. The molecule has 0 aliphatic heterocycles. The fourth-order valence-electron chi connectivity index (χ4n) is 2.63. The molecule has 2 aromatic carbocycles. The van der Waals surface area contributed by atoms with Gasteiger partial charge in [-0.1, -0.05) is 36.4 Å². The monoisotopic (exact) mass is 387 g/mol. The van der Waals surface area contributed by atoms with Crippen molar-refractivity contribution in [3.63, 3.8) is 0 Å². The standard InChI is InChI=1S/C21H26FN3O3/c1-3-23-21(27)25-18-12-7-11-17(22)19(18)20(26)24-13-8-14-28-15(2)16-9-5-4-6-10-16/h4-7,9-12,15H,3,8,13-14H2,1-2H3,(H,24,26)(H2,23,25,27). The molecule has 0 aromatic heterocycles. The number of ether oxygens (including phenoxy) is 1. The largest absolute Gasteiger partial charge is 0.374 e. The van der Waals surface area contributed by atoms with Crippen molar-refractivity contribution in [3.8, 4) is 0 Å². The molecule has 1 unspecified atom stereocenters. The molecule has 150 valence electrons. The zero-order valence-electron chi connectivity index (χ0n) is 16.1. The Hall–Kier alpha value is -2.93. The first-order valence-corrected chi connectivity index (χ1v) is 9.31. The van der Waals surface area contributed by atoms with Gasteiger partial charge < -0.3 is 20.7 Å². The molecule has 28 heavy (non-hydrogen) atoms. The summed E-state index contributed by atoms with van der Waals surface area (Å²) < 4.78 is 19.9. The molecular formula is C21H26FN3O3. The van der Waals surface area contributed by atoms with Gasteiger partial charge in [-0.2, -0.15) is 0 Å². The van der Waals surface area contributed by atoms with Gasteiger partial charge in [-0.05, 0) is 38.0 Å². The van der Waals surface area contributed by atoms with E-state index in [9.17, 15) is 14.0 Å². The Morgan fingerprint density at radius 3 is 2.54 bits per heavy atom. The van der Waals surface area contributed by atoms with E-state index in [1.807, 2.05) is 37.3 Å². The summed E-state index contributed by atoms with van der Waals surface area (Å²) in [5.41, 5.74) is 1.02. The van der Waals surface area contributed by atoms with Crippen LogP contribution < -0.4 is 16.0 Å². The molecule has 1 atom stereocenters. The second-order valence-electron chi connectivity index (χ2n) is 6.18. The van der Waals surface area contributed by atoms with E-state index < -0.39 is 17.8 Å². The lowest BCUT2D eigenvalue weighted by molar-refractivity contribution is 0.0635. The lowest BCUT2D eigenvalue weighted by Gasteiger charge is -2.14. The molecular weight excluding hydrogens is 361 g/mol. The maximum Gasteiger partial charge on any atom is 0.319 e. The van der Waals surface area contributed by atoms with Gasteiger partial charge in [0.1, 0.15) is 5.82 Å². The van der Waals surface area contributed by atoms with Gasteiger partial charge in [0.2, 0.25) is 0 Å². The maximum atomic E-state index is 14.1. The Morgan fingerprint density at radius 1 is 1.07 bits per heavy atom. The summed E-state index contributed by atoms with van der Waals surface area (Å²) in [6.07, 6.45) is 0.535. The van der Waals surface area contributed by atoms with Crippen LogP contribution in [0.4, 0.5) is 14.9 Å². The van der Waals surface area contributed by atoms with Crippen molar-refractivity contribution in [2.24, 2.45) is 0 Å². The van der Waals surface area contributed by atoms with E-state index in [1.165, 1.54) is 18.2 Å². The minimum absolute atomic E-state index is 0.0450. The number of rotatable bonds is 9. The van der Waals surface area contributed by atoms with Crippen LogP contribution in [-0.2, 0) is 4.74 Å². The molecule has 0 bridgehead atoms. The molecule has 3 N–H and O–H groups in total. The van der Waals surface area contributed by atoms with Crippen molar-refractivity contribution in [2.45, 2.75) is 26.4 Å². The summed E-state index contributed by atoms with van der Waals surface area (Å²) in [7, 11) is 0. The van der Waals surface area contributed by atoms with E-state index >= 15 is 0 Å². The second kappa shape index (κ2) is 11.0. The molecule has 3 amide bonds. The number of halogens is 1. The number of carbonyl (C=O) groups excluding carboxylic acids is 2. The SMILES string of the molecule is CCNC(=O)Nc1cccc(F)c1C(=O)NCCCOC(C)c1ccccc1. The molecule has 2 rings (SSSR count). The summed E-state index contributed by atoms with van der Waals surface area (Å²) in [4.78, 5) is 24.1. The van der Waals surface area contributed by atoms with Gasteiger partial charge in [0.05, 0.1) is 17.4 Å². The zero-order valence-corrected chi connectivity index (χ0v) is 16.1. The van der Waals surface area contributed by atoms with E-state index in [4.69, 9.17) is 4.74 Å². The van der Waals surface area contributed by atoms with Crippen LogP contribution in [-0.4, -0.2) is 31.6 Å². The van der Waals surface area contributed by atoms with Crippen molar-refractivity contribution < 1.29 is 18.7 Å². The predicted molar refractivity (Wildman–Crippen MR) is 107 cm³/mol. The summed E-state index contributed by atoms with van der Waals surface area (Å²) in [6, 6.07) is 13.5. The lowest BCUT2D eigenvalue weighted by Crippen LogP contribution is -2.31. The van der Waals surface area contributed by atoms with E-state index in [1.54, 1.807) is 6.92 Å². The Kier molecular flexibility index (Phi) is 8.42. The van der Waals surface area contributed by atoms with Gasteiger partial charge in [0.15, 0.2) is 0 Å². The minimum Gasteiger partial charge on any atom is -0.374 e. The Morgan fingerprint density at radius 2 is 1.82 bits per heavy atom. The molecule has 0 radical (unpaired) electrons. The zero-order chi connectivity index (χ0) is 20.4. The van der Waals surface area contributed by atoms with Crippen LogP contribution in [0.1, 0.15) is 42.3 Å². The van der Waals surface area contributed by atoms with E-state index in [0.29, 0.717) is 26.1 Å². The van der Waals surface area contributed by atoms with Gasteiger partial charge in [0.25, 0.3) is 5.91 Å². The first kappa shape index (κ1) is 21.4. The molecule has 0 spiro atoms. The Balaban J connectivity index is 1.83. The summed E-state index contributed by atoms with van der Waals surface area (Å²) in [6.45, 7) is 4.93. The third-order valence-electron chi connectivity index (χ3n) is 4.07. The quantitative estimate of drug-likeness (QED) is 0.572. The number of amides is 3. The number of urea groups is 1. The number of hydrogen-bond acceptors (Lipinski definition) is 3. The van der Waals surface area contributed by atoms with Crippen molar-refractivity contribution in [1.82, 2.24) is 10.6 Å². The highest BCUT2D eigenvalue weighted by Gasteiger charge is 2.17. The molecule has 7 heteroatoms. The average Bonchev–Trinajstić information content (AvgIpc) is 2.68. The van der Waals surface area contributed by atoms with Crippen molar-refractivity contribution in [1.29, 1.82) is 0 Å². The van der Waals surface area contributed by atoms with Crippen LogP contribution in [0.3, 0.4) is 0 Å². The smallest absolute Gasteiger partial charge is 0.319 e. The summed E-state index contributed by atoms with van der Waals surface area (Å²) >= 11 is 0. The number of hydrogen-bond donors (Lipinski definition) is 3. The first-order valence-electron chi connectivity index (χ1n) is 9.31. The Bertz CT molecular complexity index is 784. The second-order valence-corrected chi connectivity index (χ2v) is 6.18. The number of carbonyl (C=O) groups is 2. The van der Waals surface area contributed by atoms with E-state index in [2.05, 4.69) is 16.0 Å². The van der Waals surface area contributed by atoms with Crippen molar-refractivity contribution in [3.05, 3.63) is 65.5 Å². The van der Waals surface area contributed by atoms with E-state index in [0.717, 1.165) is 5.56 Å². The third kappa shape index (κ3) is 6.35. The molecule has 0 heterocycles. The maximum absolute atomic E-state index is 14.1. The molecule has 0 fully saturated rings. The van der Waals surface area contributed by atoms with E-state index in [-0.39, 0.29) is 17.4 Å². The lowest BCUT2D eigenvalue weighted by atomic mass is 10.1. The van der Waals surface area contributed by atoms with Crippen LogP contribution in [0, 0.1) is 5.82 Å². The summed E-state index contributed by atoms with van der Waals surface area (Å²) in [5, 5.41) is 7.70. The minimum atomic E-state index is -0.694. The first-order chi connectivity index (χ1) is 13.5. The Labute approximate surface area is 164 Å². The fraction of sp³-hybridized carbons (Fsp3) is 0.333. The van der Waals surface area contributed by atoms with Crippen LogP contribution in [0.15, 0.2) is 48.5 Å². The van der Waals surface area contributed by atoms with Gasteiger partial charge in [-0.25, -0.2) is 9.18 Å². The molecule has 2 aromatic rings. The van der Waals surface area contributed by atoms with Crippen LogP contribution >= 0.6 is 0 Å². The van der Waals surface area contributed by atoms with Gasteiger partial charge in [-0.15, -0.1) is 0 Å². The molecule has 6 nitrogen and oxygen atoms in total. The van der Waals surface area contributed by atoms with Gasteiger partial charge in [0, 0.05) is 19.7 Å². The van der Waals surface area contributed by atoms with Crippen molar-refractivity contribution >= 4 is 17.6 Å². The molecule has 0 saturated heterocycles. The van der Waals surface area contributed by atoms with Crippen LogP contribution in [0.25, 0.3) is 0 Å². The highest BCUT2D eigenvalue weighted by molar-refractivity contribution is 6.03. The third-order valence-corrected chi connectivity index (χ3v) is 4.07.